The molecule has 0 bridgehead atoms. The Morgan fingerprint density at radius 3 is 2.60 bits per heavy atom. The molecule has 0 atom stereocenters. The van der Waals surface area contributed by atoms with Crippen molar-refractivity contribution in [1.82, 2.24) is 4.40 Å². The molecule has 3 heterocycles. The highest BCUT2D eigenvalue weighted by molar-refractivity contribution is 6.08. The van der Waals surface area contributed by atoms with Crippen LogP contribution in [0.25, 0.3) is 27.5 Å². The van der Waals surface area contributed by atoms with Crippen molar-refractivity contribution in [3.63, 3.8) is 0 Å². The first kappa shape index (κ1) is 11.4. The van der Waals surface area contributed by atoms with Gasteiger partial charge < -0.3 is 0 Å². The number of benzene rings is 1. The standard InChI is InChI=1S/C17H17N3/c1-12-8-9-18(2)16-13-6-4-5-7-14(13)20-11-10-19(3)17(20)15(12)16/h4-11H,1-3H3/q+2. The van der Waals surface area contributed by atoms with Crippen molar-refractivity contribution in [3.8, 4) is 0 Å². The van der Waals surface area contributed by atoms with Crippen LogP contribution in [0.4, 0.5) is 0 Å². The molecule has 20 heavy (non-hydrogen) atoms. The highest BCUT2D eigenvalue weighted by Crippen LogP contribution is 2.27. The van der Waals surface area contributed by atoms with Crippen LogP contribution in [0, 0.1) is 6.92 Å². The normalized spacial score (nSPS) is 11.8. The number of rotatable bonds is 0. The van der Waals surface area contributed by atoms with Gasteiger partial charge in [0.05, 0.1) is 12.4 Å². The van der Waals surface area contributed by atoms with E-state index in [2.05, 4.69) is 83.5 Å². The third kappa shape index (κ3) is 1.29. The lowest BCUT2D eigenvalue weighted by atomic mass is 10.1. The topological polar surface area (TPSA) is 12.2 Å². The molecule has 0 saturated carbocycles. The van der Waals surface area contributed by atoms with Crippen LogP contribution >= 0.6 is 0 Å². The van der Waals surface area contributed by atoms with E-state index in [1.54, 1.807) is 0 Å². The first-order valence-electron chi connectivity index (χ1n) is 6.85. The SMILES string of the molecule is Cc1cc[n+](C)c2c3ccccc3n3cc[n+](C)c3c12. The number of aromatic nitrogens is 3. The van der Waals surface area contributed by atoms with E-state index in [0.29, 0.717) is 0 Å². The average Bonchev–Trinajstić information content (AvgIpc) is 2.85. The number of hydrogen-bond acceptors (Lipinski definition) is 0. The van der Waals surface area contributed by atoms with Gasteiger partial charge in [-0.2, -0.15) is 4.40 Å². The van der Waals surface area contributed by atoms with Crippen molar-refractivity contribution in [2.45, 2.75) is 6.92 Å². The zero-order chi connectivity index (χ0) is 13.9. The largest absolute Gasteiger partial charge is 0.300 e. The van der Waals surface area contributed by atoms with E-state index >= 15 is 0 Å². The highest BCUT2D eigenvalue weighted by Gasteiger charge is 2.23. The van der Waals surface area contributed by atoms with E-state index in [4.69, 9.17) is 0 Å². The van der Waals surface area contributed by atoms with Crippen LogP contribution in [0.3, 0.4) is 0 Å². The quantitative estimate of drug-likeness (QED) is 0.341. The minimum absolute atomic E-state index is 1.24. The number of aryl methyl sites for hydroxylation is 3. The summed E-state index contributed by atoms with van der Waals surface area (Å²) in [4.78, 5) is 0. The van der Waals surface area contributed by atoms with Crippen LogP contribution in [0.5, 0.6) is 0 Å². The summed E-state index contributed by atoms with van der Waals surface area (Å²) < 4.78 is 6.70. The average molecular weight is 263 g/mol. The number of para-hydroxylation sites is 1. The van der Waals surface area contributed by atoms with E-state index in [9.17, 15) is 0 Å². The Hall–Kier alpha value is -2.42. The zero-order valence-corrected chi connectivity index (χ0v) is 12.0. The van der Waals surface area contributed by atoms with Gasteiger partial charge in [-0.3, -0.25) is 0 Å². The number of pyridine rings is 2. The predicted octanol–water partition coefficient (Wildman–Crippen LogP) is 2.20. The summed E-state index contributed by atoms with van der Waals surface area (Å²) in [5.41, 5.74) is 5.09. The maximum atomic E-state index is 2.28. The van der Waals surface area contributed by atoms with Crippen molar-refractivity contribution in [3.05, 3.63) is 54.5 Å². The molecule has 0 amide bonds. The molecule has 0 radical (unpaired) electrons. The summed E-state index contributed by atoms with van der Waals surface area (Å²) in [5.74, 6) is 0. The van der Waals surface area contributed by atoms with Crippen LogP contribution in [0.2, 0.25) is 0 Å². The van der Waals surface area contributed by atoms with Crippen LogP contribution in [0.1, 0.15) is 5.56 Å². The molecule has 0 spiro atoms. The molecule has 4 aromatic rings. The second kappa shape index (κ2) is 3.79. The lowest BCUT2D eigenvalue weighted by Crippen LogP contribution is -2.31. The molecular formula is C17H17N3+2. The summed E-state index contributed by atoms with van der Waals surface area (Å²) in [5, 5.41) is 2.61. The van der Waals surface area contributed by atoms with E-state index in [-0.39, 0.29) is 0 Å². The maximum Gasteiger partial charge on any atom is 0.300 e. The highest BCUT2D eigenvalue weighted by atomic mass is 15.1. The van der Waals surface area contributed by atoms with Gasteiger partial charge in [0.15, 0.2) is 6.20 Å². The monoisotopic (exact) mass is 263 g/mol. The van der Waals surface area contributed by atoms with Gasteiger partial charge in [-0.05, 0) is 24.6 Å². The minimum Gasteiger partial charge on any atom is -0.232 e. The Balaban J connectivity index is 2.51. The van der Waals surface area contributed by atoms with Crippen molar-refractivity contribution in [1.29, 1.82) is 0 Å². The first-order chi connectivity index (χ1) is 9.68. The second-order valence-electron chi connectivity index (χ2n) is 5.45. The van der Waals surface area contributed by atoms with Crippen LogP contribution in [-0.2, 0) is 14.1 Å². The van der Waals surface area contributed by atoms with Crippen molar-refractivity contribution in [2.75, 3.05) is 0 Å². The molecule has 98 valence electrons. The zero-order valence-electron chi connectivity index (χ0n) is 12.0. The van der Waals surface area contributed by atoms with Crippen LogP contribution in [0.15, 0.2) is 48.9 Å². The van der Waals surface area contributed by atoms with Gasteiger partial charge in [-0.25, -0.2) is 9.13 Å². The van der Waals surface area contributed by atoms with Crippen LogP contribution in [-0.4, -0.2) is 4.40 Å². The number of fused-ring (bicyclic) bond motifs is 6. The molecule has 0 aliphatic rings. The van der Waals surface area contributed by atoms with E-state index in [0.717, 1.165) is 0 Å². The Kier molecular flexibility index (Phi) is 2.16. The van der Waals surface area contributed by atoms with Crippen molar-refractivity contribution < 1.29 is 9.13 Å². The molecule has 0 aliphatic heterocycles. The lowest BCUT2D eigenvalue weighted by Gasteiger charge is -2.04. The molecule has 0 N–H and O–H groups in total. The predicted molar refractivity (Wildman–Crippen MR) is 79.5 cm³/mol. The fourth-order valence-electron chi connectivity index (χ4n) is 3.20. The summed E-state index contributed by atoms with van der Waals surface area (Å²) >= 11 is 0. The van der Waals surface area contributed by atoms with Crippen LogP contribution < -0.4 is 9.13 Å². The van der Waals surface area contributed by atoms with Gasteiger partial charge in [0.1, 0.15) is 30.3 Å². The summed E-state index contributed by atoms with van der Waals surface area (Å²) in [7, 11) is 4.23. The van der Waals surface area contributed by atoms with Gasteiger partial charge in [0.25, 0.3) is 0 Å². The summed E-state index contributed by atoms with van der Waals surface area (Å²) in [6.07, 6.45) is 6.40. The molecule has 3 heteroatoms. The molecule has 0 fully saturated rings. The third-order valence-corrected chi connectivity index (χ3v) is 4.18. The number of hydrogen-bond donors (Lipinski definition) is 0. The van der Waals surface area contributed by atoms with Gasteiger partial charge in [-0.15, -0.1) is 0 Å². The fraction of sp³-hybridized carbons (Fsp3) is 0.176. The number of nitrogens with zero attached hydrogens (tertiary/aromatic N) is 3. The van der Waals surface area contributed by atoms with E-state index < -0.39 is 0 Å². The Bertz CT molecular complexity index is 980. The molecule has 0 saturated heterocycles. The molecule has 0 aliphatic carbocycles. The lowest BCUT2D eigenvalue weighted by molar-refractivity contribution is -0.647. The van der Waals surface area contributed by atoms with Gasteiger partial charge >= 0.3 is 5.65 Å². The van der Waals surface area contributed by atoms with Gasteiger partial charge in [-0.1, -0.05) is 12.1 Å². The van der Waals surface area contributed by atoms with Gasteiger partial charge in [0.2, 0.25) is 5.52 Å². The maximum absolute atomic E-state index is 2.28. The molecule has 1 aromatic carbocycles. The van der Waals surface area contributed by atoms with E-state index in [1.165, 1.54) is 33.0 Å². The van der Waals surface area contributed by atoms with Crippen molar-refractivity contribution >= 4 is 27.5 Å². The van der Waals surface area contributed by atoms with E-state index in [1.807, 2.05) is 0 Å². The van der Waals surface area contributed by atoms with Crippen molar-refractivity contribution in [2.24, 2.45) is 14.1 Å². The summed E-state index contributed by atoms with van der Waals surface area (Å²) in [6.45, 7) is 2.18. The molecule has 0 unspecified atom stereocenters. The summed E-state index contributed by atoms with van der Waals surface area (Å²) in [6, 6.07) is 10.8. The van der Waals surface area contributed by atoms with Gasteiger partial charge in [0, 0.05) is 6.07 Å². The Morgan fingerprint density at radius 2 is 1.75 bits per heavy atom. The number of imidazole rings is 1. The molecular weight excluding hydrogens is 246 g/mol. The smallest absolute Gasteiger partial charge is 0.232 e. The molecule has 4 rings (SSSR count). The third-order valence-electron chi connectivity index (χ3n) is 4.18. The molecule has 3 nitrogen and oxygen atoms in total. The minimum atomic E-state index is 1.24. The fourth-order valence-corrected chi connectivity index (χ4v) is 3.20. The Labute approximate surface area is 117 Å². The molecule has 3 aromatic heterocycles. The Morgan fingerprint density at radius 1 is 0.950 bits per heavy atom. The first-order valence-corrected chi connectivity index (χ1v) is 6.85. The second-order valence-corrected chi connectivity index (χ2v) is 5.45.